The van der Waals surface area contributed by atoms with E-state index >= 15 is 0 Å². The number of para-hydroxylation sites is 1. The Hall–Kier alpha value is -3.88. The van der Waals surface area contributed by atoms with E-state index in [0.717, 1.165) is 69.8 Å². The molecule has 0 bridgehead atoms. The topological polar surface area (TPSA) is 75.6 Å². The van der Waals surface area contributed by atoms with Crippen LogP contribution < -0.4 is 9.80 Å². The third kappa shape index (κ3) is 5.29. The zero-order valence-electron chi connectivity index (χ0n) is 22.9. The van der Waals surface area contributed by atoms with Crippen LogP contribution in [0.5, 0.6) is 0 Å². The standard InChI is InChI=1S/C33H32N4O3S/c38-29(20-22-11-12-22)30-21-23-13-16-37(28-10-2-1-6-25(28)31(23)41-30)33(39)27-9-3-8-26(35-27)24-7-4-14-34-32(24)36-15-5-18-40-19-17-36/h1-4,6-10,14,21-22H,5,11-13,15-20H2. The van der Waals surface area contributed by atoms with Gasteiger partial charge in [0.05, 0.1) is 22.9 Å². The van der Waals surface area contributed by atoms with Gasteiger partial charge in [-0.1, -0.05) is 24.3 Å². The molecule has 1 amide bonds. The normalized spacial score (nSPS) is 16.9. The van der Waals surface area contributed by atoms with Gasteiger partial charge in [0.1, 0.15) is 11.5 Å². The van der Waals surface area contributed by atoms with Crippen molar-refractivity contribution >= 4 is 34.5 Å². The second-order valence-corrected chi connectivity index (χ2v) is 12.0. The van der Waals surface area contributed by atoms with E-state index in [0.29, 0.717) is 37.6 Å². The number of thiophene rings is 1. The van der Waals surface area contributed by atoms with Crippen LogP contribution in [-0.2, 0) is 11.2 Å². The Balaban J connectivity index is 1.20. The Kier molecular flexibility index (Phi) is 7.10. The van der Waals surface area contributed by atoms with Crippen LogP contribution in [0, 0.1) is 5.92 Å². The molecule has 5 heterocycles. The van der Waals surface area contributed by atoms with Gasteiger partial charge in [0.15, 0.2) is 5.78 Å². The molecule has 0 N–H and O–H groups in total. The molecule has 1 saturated heterocycles. The highest BCUT2D eigenvalue weighted by molar-refractivity contribution is 7.17. The number of ketones is 1. The molecule has 1 saturated carbocycles. The minimum atomic E-state index is -0.131. The van der Waals surface area contributed by atoms with E-state index in [1.54, 1.807) is 23.6 Å². The van der Waals surface area contributed by atoms with E-state index in [4.69, 9.17) is 14.7 Å². The van der Waals surface area contributed by atoms with E-state index < -0.39 is 0 Å². The maximum absolute atomic E-state index is 14.1. The molecule has 0 radical (unpaired) electrons. The van der Waals surface area contributed by atoms with Crippen molar-refractivity contribution in [2.75, 3.05) is 42.6 Å². The minimum Gasteiger partial charge on any atom is -0.380 e. The third-order valence-corrected chi connectivity index (χ3v) is 9.35. The molecular formula is C33H32N4O3S. The molecule has 1 aromatic carbocycles. The summed E-state index contributed by atoms with van der Waals surface area (Å²) in [6, 6.07) is 19.6. The fraction of sp³-hybridized carbons (Fsp3) is 0.333. The lowest BCUT2D eigenvalue weighted by atomic mass is 10.1. The van der Waals surface area contributed by atoms with Crippen molar-refractivity contribution in [3.63, 3.8) is 0 Å². The Labute approximate surface area is 243 Å². The monoisotopic (exact) mass is 564 g/mol. The van der Waals surface area contributed by atoms with Crippen LogP contribution in [0.25, 0.3) is 21.7 Å². The van der Waals surface area contributed by atoms with Crippen molar-refractivity contribution in [3.8, 4) is 21.7 Å². The predicted octanol–water partition coefficient (Wildman–Crippen LogP) is 6.28. The van der Waals surface area contributed by atoms with Crippen LogP contribution in [0.15, 0.2) is 66.9 Å². The first-order valence-corrected chi connectivity index (χ1v) is 15.3. The molecule has 0 spiro atoms. The van der Waals surface area contributed by atoms with E-state index in [-0.39, 0.29) is 11.7 Å². The van der Waals surface area contributed by atoms with E-state index in [1.165, 1.54) is 12.8 Å². The lowest BCUT2D eigenvalue weighted by Gasteiger charge is -2.24. The first-order valence-electron chi connectivity index (χ1n) is 14.5. The van der Waals surface area contributed by atoms with Crippen molar-refractivity contribution < 1.29 is 14.3 Å². The maximum Gasteiger partial charge on any atom is 0.276 e. The van der Waals surface area contributed by atoms with Gasteiger partial charge in [0, 0.05) is 54.9 Å². The van der Waals surface area contributed by atoms with Gasteiger partial charge in [-0.25, -0.2) is 9.97 Å². The number of nitrogens with zero attached hydrogens (tertiary/aromatic N) is 4. The summed E-state index contributed by atoms with van der Waals surface area (Å²) >= 11 is 1.57. The number of benzene rings is 1. The molecule has 208 valence electrons. The number of fused-ring (bicyclic) bond motifs is 3. The van der Waals surface area contributed by atoms with Crippen LogP contribution in [-0.4, -0.2) is 54.5 Å². The number of anilines is 2. The number of carbonyl (C=O) groups is 2. The van der Waals surface area contributed by atoms with Gasteiger partial charge in [-0.2, -0.15) is 0 Å². The fourth-order valence-corrected chi connectivity index (χ4v) is 6.97. The van der Waals surface area contributed by atoms with Crippen LogP contribution in [0.1, 0.15) is 51.4 Å². The molecule has 0 unspecified atom stereocenters. The number of aromatic nitrogens is 2. The second-order valence-electron chi connectivity index (χ2n) is 11.0. The molecule has 2 fully saturated rings. The number of hydrogen-bond acceptors (Lipinski definition) is 7. The van der Waals surface area contributed by atoms with Crippen LogP contribution in [0.2, 0.25) is 0 Å². The minimum absolute atomic E-state index is 0.131. The summed E-state index contributed by atoms with van der Waals surface area (Å²) in [5, 5.41) is 0. The molecule has 3 aromatic heterocycles. The summed E-state index contributed by atoms with van der Waals surface area (Å²) < 4.78 is 5.65. The molecule has 0 atom stereocenters. The molecule has 7 nitrogen and oxygen atoms in total. The number of amides is 1. The van der Waals surface area contributed by atoms with Gasteiger partial charge in [-0.3, -0.25) is 9.59 Å². The number of rotatable bonds is 6. The van der Waals surface area contributed by atoms with Gasteiger partial charge in [0.25, 0.3) is 5.91 Å². The van der Waals surface area contributed by atoms with Crippen molar-refractivity contribution in [2.45, 2.75) is 32.1 Å². The molecule has 7 rings (SSSR count). The number of pyridine rings is 2. The highest BCUT2D eigenvalue weighted by Gasteiger charge is 2.30. The summed E-state index contributed by atoms with van der Waals surface area (Å²) in [5.74, 6) is 1.55. The van der Waals surface area contributed by atoms with Gasteiger partial charge in [-0.15, -0.1) is 11.3 Å². The van der Waals surface area contributed by atoms with Gasteiger partial charge < -0.3 is 14.5 Å². The van der Waals surface area contributed by atoms with Crippen LogP contribution in [0.3, 0.4) is 0 Å². The number of hydrogen-bond donors (Lipinski definition) is 0. The van der Waals surface area contributed by atoms with Gasteiger partial charge >= 0.3 is 0 Å². The highest BCUT2D eigenvalue weighted by Crippen LogP contribution is 2.43. The SMILES string of the molecule is O=C(CC1CC1)c1cc2c(s1)-c1ccccc1N(C(=O)c1cccc(-c3cccnc3N3CCCOCC3)n1)CC2. The quantitative estimate of drug-likeness (QED) is 0.257. The second kappa shape index (κ2) is 11.2. The summed E-state index contributed by atoms with van der Waals surface area (Å²) in [7, 11) is 0. The van der Waals surface area contributed by atoms with E-state index in [1.807, 2.05) is 47.4 Å². The van der Waals surface area contributed by atoms with E-state index in [2.05, 4.69) is 17.0 Å². The first kappa shape index (κ1) is 26.0. The number of ether oxygens (including phenoxy) is 1. The molecule has 4 aromatic rings. The van der Waals surface area contributed by atoms with Crippen molar-refractivity contribution in [1.82, 2.24) is 9.97 Å². The molecule has 8 heteroatoms. The Morgan fingerprint density at radius 1 is 0.951 bits per heavy atom. The number of Topliss-reactive ketones (excluding diaryl/α,β-unsaturated/α-hetero) is 1. The van der Waals surface area contributed by atoms with Crippen molar-refractivity contribution in [1.29, 1.82) is 0 Å². The Morgan fingerprint density at radius 3 is 2.73 bits per heavy atom. The molecular weight excluding hydrogens is 532 g/mol. The maximum atomic E-state index is 14.1. The zero-order valence-corrected chi connectivity index (χ0v) is 23.7. The number of carbonyl (C=O) groups excluding carboxylic acids is 2. The largest absolute Gasteiger partial charge is 0.380 e. The van der Waals surface area contributed by atoms with Crippen LogP contribution >= 0.6 is 11.3 Å². The fourth-order valence-electron chi connectivity index (χ4n) is 5.78. The smallest absolute Gasteiger partial charge is 0.276 e. The van der Waals surface area contributed by atoms with Gasteiger partial charge in [-0.05, 0) is 73.6 Å². The lowest BCUT2D eigenvalue weighted by molar-refractivity contribution is 0.0972. The third-order valence-electron chi connectivity index (χ3n) is 8.10. The predicted molar refractivity (Wildman–Crippen MR) is 162 cm³/mol. The summed E-state index contributed by atoms with van der Waals surface area (Å²) in [4.78, 5) is 42.6. The average molecular weight is 565 g/mol. The highest BCUT2D eigenvalue weighted by atomic mass is 32.1. The Bertz CT molecular complexity index is 1600. The lowest BCUT2D eigenvalue weighted by Crippen LogP contribution is -2.33. The average Bonchev–Trinajstić information content (AvgIpc) is 3.81. The summed E-state index contributed by atoms with van der Waals surface area (Å²) in [6.07, 6.45) is 6.42. The summed E-state index contributed by atoms with van der Waals surface area (Å²) in [6.45, 7) is 3.57. The van der Waals surface area contributed by atoms with Gasteiger partial charge in [0.2, 0.25) is 0 Å². The van der Waals surface area contributed by atoms with Crippen molar-refractivity contribution in [2.24, 2.45) is 5.92 Å². The van der Waals surface area contributed by atoms with Crippen molar-refractivity contribution in [3.05, 3.63) is 83.0 Å². The van der Waals surface area contributed by atoms with Crippen LogP contribution in [0.4, 0.5) is 11.5 Å². The zero-order chi connectivity index (χ0) is 27.8. The molecule has 3 aliphatic rings. The summed E-state index contributed by atoms with van der Waals surface area (Å²) in [5.41, 5.74) is 5.03. The Morgan fingerprint density at radius 2 is 1.83 bits per heavy atom. The molecule has 1 aliphatic carbocycles. The molecule has 2 aliphatic heterocycles. The molecule has 41 heavy (non-hydrogen) atoms. The van der Waals surface area contributed by atoms with E-state index in [9.17, 15) is 9.59 Å². The first-order chi connectivity index (χ1) is 20.2.